The van der Waals surface area contributed by atoms with Gasteiger partial charge < -0.3 is 15.2 Å². The number of pyridine rings is 1. The average Bonchev–Trinajstić information content (AvgIpc) is 3.12. The molecule has 1 spiro atoms. The fraction of sp³-hybridized carbons (Fsp3) is 0.533. The van der Waals surface area contributed by atoms with Gasteiger partial charge in [0.25, 0.3) is 5.91 Å². The number of hydrogen-bond acceptors (Lipinski definition) is 4. The highest BCUT2D eigenvalue weighted by molar-refractivity contribution is 5.95. The Bertz CT molecular complexity index is 564. The molecule has 1 heterocycles. The highest BCUT2D eigenvalue weighted by Crippen LogP contribution is 2.61. The maximum Gasteiger partial charge on any atom is 0.354 e. The zero-order valence-corrected chi connectivity index (χ0v) is 11.8. The van der Waals surface area contributed by atoms with Crippen molar-refractivity contribution in [2.24, 2.45) is 5.41 Å². The summed E-state index contributed by atoms with van der Waals surface area (Å²) in [4.78, 5) is 26.5. The maximum atomic E-state index is 12.1. The summed E-state index contributed by atoms with van der Waals surface area (Å²) >= 11 is 0. The highest BCUT2D eigenvalue weighted by atomic mass is 16.5. The van der Waals surface area contributed by atoms with Gasteiger partial charge in [-0.3, -0.25) is 4.79 Å². The molecule has 0 bridgehead atoms. The molecule has 112 valence electrons. The minimum atomic E-state index is -1.10. The number of carbonyl (C=O) groups is 2. The lowest BCUT2D eigenvalue weighted by Gasteiger charge is -2.36. The van der Waals surface area contributed by atoms with Crippen molar-refractivity contribution in [1.82, 2.24) is 10.3 Å². The molecule has 1 amide bonds. The lowest BCUT2D eigenvalue weighted by atomic mass is 9.78. The Morgan fingerprint density at radius 2 is 2.19 bits per heavy atom. The number of amides is 1. The molecule has 0 saturated heterocycles. The van der Waals surface area contributed by atoms with E-state index in [9.17, 15) is 9.59 Å². The van der Waals surface area contributed by atoms with E-state index in [0.717, 1.165) is 25.9 Å². The van der Waals surface area contributed by atoms with Crippen LogP contribution in [-0.4, -0.2) is 40.7 Å². The number of nitrogens with one attached hydrogen (secondary N) is 1. The molecule has 2 N–H and O–H groups in total. The Labute approximate surface area is 122 Å². The van der Waals surface area contributed by atoms with Crippen LogP contribution in [0.15, 0.2) is 18.3 Å². The van der Waals surface area contributed by atoms with Crippen molar-refractivity contribution in [3.05, 3.63) is 29.6 Å². The monoisotopic (exact) mass is 290 g/mol. The predicted molar refractivity (Wildman–Crippen MR) is 74.1 cm³/mol. The van der Waals surface area contributed by atoms with E-state index in [2.05, 4.69) is 10.3 Å². The van der Waals surface area contributed by atoms with E-state index in [1.807, 2.05) is 6.92 Å². The number of nitrogens with zero attached hydrogens (tertiary/aromatic N) is 1. The molecule has 2 fully saturated rings. The molecule has 3 rings (SSSR count). The molecule has 21 heavy (non-hydrogen) atoms. The number of rotatable bonds is 5. The van der Waals surface area contributed by atoms with Gasteiger partial charge in [0.15, 0.2) is 0 Å². The first kappa shape index (κ1) is 14.0. The Balaban J connectivity index is 1.53. The molecule has 1 aromatic heterocycles. The van der Waals surface area contributed by atoms with Gasteiger partial charge in [0.1, 0.15) is 5.69 Å². The molecule has 0 aromatic carbocycles. The zero-order chi connectivity index (χ0) is 15.0. The first-order valence-electron chi connectivity index (χ1n) is 7.16. The molecule has 1 atom stereocenters. The third-order valence-electron chi connectivity index (χ3n) is 4.41. The Morgan fingerprint density at radius 1 is 1.43 bits per heavy atom. The Kier molecular flexibility index (Phi) is 3.41. The van der Waals surface area contributed by atoms with Gasteiger partial charge in [-0.15, -0.1) is 0 Å². The molecule has 2 aliphatic rings. The van der Waals surface area contributed by atoms with Crippen molar-refractivity contribution < 1.29 is 19.4 Å². The molecule has 1 unspecified atom stereocenters. The average molecular weight is 290 g/mol. The SMILES string of the molecule is CCOC1CC2(C1)CC2NC(=O)c1ccc(C(=O)O)nc1. The second-order valence-corrected chi connectivity index (χ2v) is 5.82. The summed E-state index contributed by atoms with van der Waals surface area (Å²) in [6.07, 6.45) is 4.68. The van der Waals surface area contributed by atoms with Gasteiger partial charge in [0.05, 0.1) is 11.7 Å². The second kappa shape index (κ2) is 5.11. The third-order valence-corrected chi connectivity index (χ3v) is 4.41. The second-order valence-electron chi connectivity index (χ2n) is 5.82. The number of aromatic carboxylic acids is 1. The van der Waals surface area contributed by atoms with Crippen molar-refractivity contribution in [3.8, 4) is 0 Å². The van der Waals surface area contributed by atoms with Crippen LogP contribution in [0.4, 0.5) is 0 Å². The quantitative estimate of drug-likeness (QED) is 0.857. The van der Waals surface area contributed by atoms with Crippen molar-refractivity contribution in [2.45, 2.75) is 38.3 Å². The zero-order valence-electron chi connectivity index (χ0n) is 11.8. The predicted octanol–water partition coefficient (Wildman–Crippen LogP) is 1.47. The van der Waals surface area contributed by atoms with Gasteiger partial charge in [-0.25, -0.2) is 9.78 Å². The van der Waals surface area contributed by atoms with E-state index in [1.165, 1.54) is 18.3 Å². The summed E-state index contributed by atoms with van der Waals surface area (Å²) in [6, 6.07) is 3.04. The molecule has 2 aliphatic carbocycles. The van der Waals surface area contributed by atoms with Crippen LogP contribution in [0.5, 0.6) is 0 Å². The number of carboxylic acids is 1. The van der Waals surface area contributed by atoms with E-state index in [-0.39, 0.29) is 23.1 Å². The van der Waals surface area contributed by atoms with E-state index < -0.39 is 5.97 Å². The van der Waals surface area contributed by atoms with Crippen LogP contribution in [0.25, 0.3) is 0 Å². The molecule has 6 nitrogen and oxygen atoms in total. The molecular formula is C15H18N2O4. The smallest absolute Gasteiger partial charge is 0.354 e. The van der Waals surface area contributed by atoms with Crippen molar-refractivity contribution in [2.75, 3.05) is 6.61 Å². The van der Waals surface area contributed by atoms with Crippen molar-refractivity contribution in [3.63, 3.8) is 0 Å². The molecule has 1 aromatic rings. The van der Waals surface area contributed by atoms with Crippen LogP contribution in [0.1, 0.15) is 47.0 Å². The number of carbonyl (C=O) groups excluding carboxylic acids is 1. The van der Waals surface area contributed by atoms with Crippen LogP contribution in [0.3, 0.4) is 0 Å². The van der Waals surface area contributed by atoms with E-state index >= 15 is 0 Å². The standard InChI is InChI=1S/C15H18N2O4/c1-2-21-10-5-15(6-10)7-12(15)17-13(18)9-3-4-11(14(19)20)16-8-9/h3-4,8,10,12H,2,5-7H2,1H3,(H,17,18)(H,19,20). The van der Waals surface area contributed by atoms with Gasteiger partial charge in [-0.1, -0.05) is 0 Å². The molecule has 0 aliphatic heterocycles. The van der Waals surface area contributed by atoms with E-state index in [4.69, 9.17) is 9.84 Å². The summed E-state index contributed by atoms with van der Waals surface area (Å²) in [5.41, 5.74) is 0.569. The minimum absolute atomic E-state index is 0.0620. The fourth-order valence-electron chi connectivity index (χ4n) is 3.10. The van der Waals surface area contributed by atoms with Crippen LogP contribution in [-0.2, 0) is 4.74 Å². The highest BCUT2D eigenvalue weighted by Gasteiger charge is 2.62. The van der Waals surface area contributed by atoms with Crippen LogP contribution < -0.4 is 5.32 Å². The third kappa shape index (κ3) is 2.63. The normalized spacial score (nSPS) is 29.8. The maximum absolute atomic E-state index is 12.1. The number of hydrogen-bond donors (Lipinski definition) is 2. The lowest BCUT2D eigenvalue weighted by Crippen LogP contribution is -2.40. The summed E-state index contributed by atoms with van der Waals surface area (Å²) in [6.45, 7) is 2.73. The van der Waals surface area contributed by atoms with Gasteiger partial charge >= 0.3 is 5.97 Å². The molecule has 0 radical (unpaired) electrons. The molecule has 2 saturated carbocycles. The number of ether oxygens (including phenoxy) is 1. The fourth-order valence-corrected chi connectivity index (χ4v) is 3.10. The van der Waals surface area contributed by atoms with Gasteiger partial charge in [0.2, 0.25) is 0 Å². The number of carboxylic acid groups (broad SMARTS) is 1. The number of aromatic nitrogens is 1. The van der Waals surface area contributed by atoms with Crippen LogP contribution >= 0.6 is 0 Å². The van der Waals surface area contributed by atoms with Gasteiger partial charge in [-0.2, -0.15) is 0 Å². The van der Waals surface area contributed by atoms with Crippen molar-refractivity contribution in [1.29, 1.82) is 0 Å². The summed E-state index contributed by atoms with van der Waals surface area (Å²) < 4.78 is 5.55. The minimum Gasteiger partial charge on any atom is -0.477 e. The van der Waals surface area contributed by atoms with Crippen LogP contribution in [0.2, 0.25) is 0 Å². The van der Waals surface area contributed by atoms with Gasteiger partial charge in [-0.05, 0) is 43.7 Å². The summed E-state index contributed by atoms with van der Waals surface area (Å²) in [5, 5.41) is 11.8. The van der Waals surface area contributed by atoms with Gasteiger partial charge in [0, 0.05) is 18.8 Å². The van der Waals surface area contributed by atoms with Crippen molar-refractivity contribution >= 4 is 11.9 Å². The lowest BCUT2D eigenvalue weighted by molar-refractivity contribution is -0.0374. The van der Waals surface area contributed by atoms with Crippen LogP contribution in [0, 0.1) is 5.41 Å². The first-order chi connectivity index (χ1) is 10.0. The first-order valence-corrected chi connectivity index (χ1v) is 7.16. The molecule has 6 heteroatoms. The Hall–Kier alpha value is -1.95. The summed E-state index contributed by atoms with van der Waals surface area (Å²) in [7, 11) is 0. The molecular weight excluding hydrogens is 272 g/mol. The Morgan fingerprint density at radius 3 is 2.76 bits per heavy atom. The summed E-state index contributed by atoms with van der Waals surface area (Å²) in [5.74, 6) is -1.29. The largest absolute Gasteiger partial charge is 0.477 e. The van der Waals surface area contributed by atoms with E-state index in [1.54, 1.807) is 0 Å². The topological polar surface area (TPSA) is 88.5 Å². The van der Waals surface area contributed by atoms with E-state index in [0.29, 0.717) is 11.7 Å².